The zero-order chi connectivity index (χ0) is 13.4. The number of nitrogens with one attached hydrogen (secondary N) is 2. The second-order valence-corrected chi connectivity index (χ2v) is 4.00. The molecular weight excluding hydrogens is 232 g/mol. The highest BCUT2D eigenvalue weighted by Crippen LogP contribution is 2.02. The van der Waals surface area contributed by atoms with Crippen LogP contribution in [0, 0.1) is 6.92 Å². The number of benzene rings is 1. The van der Waals surface area contributed by atoms with Crippen LogP contribution in [0.15, 0.2) is 24.3 Å². The van der Waals surface area contributed by atoms with E-state index in [4.69, 9.17) is 5.11 Å². The third kappa shape index (κ3) is 4.97. The van der Waals surface area contributed by atoms with Gasteiger partial charge >= 0.3 is 11.8 Å². The van der Waals surface area contributed by atoms with E-state index in [2.05, 4.69) is 10.6 Å². The summed E-state index contributed by atoms with van der Waals surface area (Å²) in [5, 5.41) is 13.5. The number of rotatable bonds is 5. The van der Waals surface area contributed by atoms with Gasteiger partial charge in [-0.15, -0.1) is 0 Å². The standard InChI is InChI=1S/C13H18N2O3/c1-10-4-2-5-11(8-10)9-15-13(18)12(17)14-6-3-7-16/h2,4-5,8,16H,3,6-7,9H2,1H3,(H,14,17)(H,15,18). The van der Waals surface area contributed by atoms with E-state index in [9.17, 15) is 9.59 Å². The van der Waals surface area contributed by atoms with E-state index < -0.39 is 11.8 Å². The summed E-state index contributed by atoms with van der Waals surface area (Å²) in [7, 11) is 0. The first-order valence-corrected chi connectivity index (χ1v) is 5.86. The van der Waals surface area contributed by atoms with Crippen LogP contribution < -0.4 is 10.6 Å². The molecule has 0 unspecified atom stereocenters. The zero-order valence-corrected chi connectivity index (χ0v) is 10.4. The van der Waals surface area contributed by atoms with Crippen molar-refractivity contribution in [2.75, 3.05) is 13.2 Å². The molecule has 0 saturated heterocycles. The van der Waals surface area contributed by atoms with E-state index in [1.165, 1.54) is 0 Å². The Balaban J connectivity index is 2.34. The topological polar surface area (TPSA) is 78.4 Å². The molecule has 1 aromatic carbocycles. The Morgan fingerprint density at radius 2 is 1.94 bits per heavy atom. The molecule has 0 radical (unpaired) electrons. The number of aryl methyl sites for hydroxylation is 1. The van der Waals surface area contributed by atoms with Crippen LogP contribution in [0.1, 0.15) is 17.5 Å². The Morgan fingerprint density at radius 3 is 2.61 bits per heavy atom. The maximum absolute atomic E-state index is 11.4. The van der Waals surface area contributed by atoms with Crippen molar-refractivity contribution >= 4 is 11.8 Å². The van der Waals surface area contributed by atoms with Gasteiger partial charge in [0.05, 0.1) is 0 Å². The molecule has 0 atom stereocenters. The van der Waals surface area contributed by atoms with Crippen molar-refractivity contribution in [1.29, 1.82) is 0 Å². The van der Waals surface area contributed by atoms with Crippen LogP contribution in [0.4, 0.5) is 0 Å². The van der Waals surface area contributed by atoms with Crippen LogP contribution in [0.5, 0.6) is 0 Å². The number of hydrogen-bond acceptors (Lipinski definition) is 3. The Hall–Kier alpha value is -1.88. The molecule has 0 aliphatic carbocycles. The van der Waals surface area contributed by atoms with Crippen LogP contribution in [0.2, 0.25) is 0 Å². The van der Waals surface area contributed by atoms with Crippen LogP contribution in [0.25, 0.3) is 0 Å². The Bertz CT molecular complexity index is 418. The fourth-order valence-corrected chi connectivity index (χ4v) is 1.45. The van der Waals surface area contributed by atoms with Gasteiger partial charge in [-0.3, -0.25) is 9.59 Å². The van der Waals surface area contributed by atoms with E-state index in [1.54, 1.807) is 0 Å². The number of aliphatic hydroxyl groups is 1. The molecule has 0 aromatic heterocycles. The van der Waals surface area contributed by atoms with Crippen molar-refractivity contribution in [1.82, 2.24) is 10.6 Å². The highest BCUT2D eigenvalue weighted by atomic mass is 16.3. The number of aliphatic hydroxyl groups excluding tert-OH is 1. The molecule has 5 nitrogen and oxygen atoms in total. The lowest BCUT2D eigenvalue weighted by Gasteiger charge is -2.06. The van der Waals surface area contributed by atoms with Gasteiger partial charge in [0.25, 0.3) is 0 Å². The van der Waals surface area contributed by atoms with Gasteiger partial charge in [0.15, 0.2) is 0 Å². The van der Waals surface area contributed by atoms with Crippen LogP contribution >= 0.6 is 0 Å². The first-order chi connectivity index (χ1) is 8.63. The molecule has 0 heterocycles. The van der Waals surface area contributed by atoms with E-state index in [0.29, 0.717) is 19.5 Å². The molecule has 0 aliphatic heterocycles. The number of carbonyl (C=O) groups is 2. The molecule has 5 heteroatoms. The van der Waals surface area contributed by atoms with Crippen LogP contribution in [-0.2, 0) is 16.1 Å². The fourth-order valence-electron chi connectivity index (χ4n) is 1.45. The van der Waals surface area contributed by atoms with Crippen LogP contribution in [0.3, 0.4) is 0 Å². The van der Waals surface area contributed by atoms with Gasteiger partial charge in [-0.05, 0) is 18.9 Å². The van der Waals surface area contributed by atoms with E-state index in [0.717, 1.165) is 11.1 Å². The third-order valence-electron chi connectivity index (χ3n) is 2.36. The van der Waals surface area contributed by atoms with Crippen molar-refractivity contribution < 1.29 is 14.7 Å². The van der Waals surface area contributed by atoms with Gasteiger partial charge in [0.1, 0.15) is 0 Å². The lowest BCUT2D eigenvalue weighted by atomic mass is 10.1. The number of hydrogen-bond donors (Lipinski definition) is 3. The van der Waals surface area contributed by atoms with Crippen molar-refractivity contribution in [3.05, 3.63) is 35.4 Å². The average molecular weight is 250 g/mol. The van der Waals surface area contributed by atoms with Crippen molar-refractivity contribution in [2.45, 2.75) is 19.9 Å². The summed E-state index contributed by atoms with van der Waals surface area (Å²) in [6, 6.07) is 7.70. The molecule has 0 saturated carbocycles. The largest absolute Gasteiger partial charge is 0.396 e. The second-order valence-electron chi connectivity index (χ2n) is 4.00. The molecule has 2 amide bonds. The molecule has 0 spiro atoms. The molecule has 0 aliphatic rings. The van der Waals surface area contributed by atoms with Gasteiger partial charge in [-0.2, -0.15) is 0 Å². The Morgan fingerprint density at radius 1 is 1.22 bits per heavy atom. The fraction of sp³-hybridized carbons (Fsp3) is 0.385. The minimum absolute atomic E-state index is 0.00874. The number of amides is 2. The van der Waals surface area contributed by atoms with Crippen molar-refractivity contribution in [2.24, 2.45) is 0 Å². The smallest absolute Gasteiger partial charge is 0.309 e. The van der Waals surface area contributed by atoms with Crippen molar-refractivity contribution in [3.8, 4) is 0 Å². The molecule has 1 rings (SSSR count). The Labute approximate surface area is 106 Å². The van der Waals surface area contributed by atoms with E-state index in [-0.39, 0.29) is 6.61 Å². The summed E-state index contributed by atoms with van der Waals surface area (Å²) >= 11 is 0. The summed E-state index contributed by atoms with van der Waals surface area (Å²) in [5.74, 6) is -1.33. The van der Waals surface area contributed by atoms with Crippen LogP contribution in [-0.4, -0.2) is 30.1 Å². The summed E-state index contributed by atoms with van der Waals surface area (Å²) in [6.07, 6.45) is 0.441. The SMILES string of the molecule is Cc1cccc(CNC(=O)C(=O)NCCCO)c1. The molecule has 3 N–H and O–H groups in total. The maximum atomic E-state index is 11.4. The highest BCUT2D eigenvalue weighted by Gasteiger charge is 2.11. The van der Waals surface area contributed by atoms with Gasteiger partial charge in [0, 0.05) is 19.7 Å². The molecule has 0 fully saturated rings. The Kier molecular flexibility index (Phi) is 5.87. The first kappa shape index (κ1) is 14.2. The van der Waals surface area contributed by atoms with Gasteiger partial charge in [0.2, 0.25) is 0 Å². The lowest BCUT2D eigenvalue weighted by molar-refractivity contribution is -0.139. The number of carbonyl (C=O) groups excluding carboxylic acids is 2. The minimum atomic E-state index is -0.670. The summed E-state index contributed by atoms with van der Waals surface area (Å²) in [5.41, 5.74) is 2.06. The van der Waals surface area contributed by atoms with Crippen molar-refractivity contribution in [3.63, 3.8) is 0 Å². The average Bonchev–Trinajstić information content (AvgIpc) is 2.36. The first-order valence-electron chi connectivity index (χ1n) is 5.86. The monoisotopic (exact) mass is 250 g/mol. The van der Waals surface area contributed by atoms with Gasteiger partial charge in [-0.25, -0.2) is 0 Å². The third-order valence-corrected chi connectivity index (χ3v) is 2.36. The van der Waals surface area contributed by atoms with E-state index >= 15 is 0 Å². The van der Waals surface area contributed by atoms with Gasteiger partial charge < -0.3 is 15.7 Å². The second kappa shape index (κ2) is 7.45. The maximum Gasteiger partial charge on any atom is 0.309 e. The molecule has 0 bridgehead atoms. The minimum Gasteiger partial charge on any atom is -0.396 e. The molecule has 98 valence electrons. The lowest BCUT2D eigenvalue weighted by Crippen LogP contribution is -2.40. The zero-order valence-electron chi connectivity index (χ0n) is 10.4. The highest BCUT2D eigenvalue weighted by molar-refractivity contribution is 6.35. The van der Waals surface area contributed by atoms with E-state index in [1.807, 2.05) is 31.2 Å². The predicted octanol–water partition coefficient (Wildman–Crippen LogP) is 0.110. The predicted molar refractivity (Wildman–Crippen MR) is 67.7 cm³/mol. The summed E-state index contributed by atoms with van der Waals surface area (Å²) < 4.78 is 0. The van der Waals surface area contributed by atoms with Gasteiger partial charge in [-0.1, -0.05) is 29.8 Å². The molecular formula is C13H18N2O3. The summed E-state index contributed by atoms with van der Waals surface area (Å²) in [6.45, 7) is 2.58. The summed E-state index contributed by atoms with van der Waals surface area (Å²) in [4.78, 5) is 22.7. The molecule has 18 heavy (non-hydrogen) atoms. The molecule has 1 aromatic rings. The normalized spacial score (nSPS) is 9.89. The quantitative estimate of drug-likeness (QED) is 0.512.